The fourth-order valence-corrected chi connectivity index (χ4v) is 4.00. The molecule has 1 amide bonds. The summed E-state index contributed by atoms with van der Waals surface area (Å²) in [5, 5.41) is 7.46. The van der Waals surface area contributed by atoms with Gasteiger partial charge in [0, 0.05) is 24.1 Å². The van der Waals surface area contributed by atoms with Crippen LogP contribution in [0.2, 0.25) is 0 Å². The number of nitrogens with one attached hydrogen (secondary N) is 1. The maximum atomic E-state index is 12.6. The number of esters is 1. The van der Waals surface area contributed by atoms with E-state index in [0.717, 1.165) is 37.1 Å². The number of nitrogens with zero attached hydrogens (tertiary/aromatic N) is 2. The fourth-order valence-electron chi connectivity index (χ4n) is 3.13. The van der Waals surface area contributed by atoms with Crippen LogP contribution in [0.3, 0.4) is 0 Å². The molecular formula is C20H25N3O4S. The van der Waals surface area contributed by atoms with Gasteiger partial charge in [0.05, 0.1) is 11.3 Å². The van der Waals surface area contributed by atoms with Crippen LogP contribution in [-0.2, 0) is 15.3 Å². The first-order valence-corrected chi connectivity index (χ1v) is 10.5. The fraction of sp³-hybridized carbons (Fsp3) is 0.500. The highest BCUT2D eigenvalue weighted by atomic mass is 32.2. The van der Waals surface area contributed by atoms with Gasteiger partial charge in [-0.15, -0.1) is 0 Å². The summed E-state index contributed by atoms with van der Waals surface area (Å²) in [5.41, 5.74) is 1.11. The molecule has 2 aromatic rings. The highest BCUT2D eigenvalue weighted by Crippen LogP contribution is 2.25. The highest BCUT2D eigenvalue weighted by molar-refractivity contribution is 7.98. The van der Waals surface area contributed by atoms with Crippen molar-refractivity contribution < 1.29 is 18.8 Å². The summed E-state index contributed by atoms with van der Waals surface area (Å²) in [6.07, 6.45) is 6.19. The predicted octanol–water partition coefficient (Wildman–Crippen LogP) is 3.66. The van der Waals surface area contributed by atoms with E-state index in [1.807, 2.05) is 13.0 Å². The molecule has 0 aromatic carbocycles. The van der Waals surface area contributed by atoms with E-state index in [-0.39, 0.29) is 11.9 Å². The van der Waals surface area contributed by atoms with Gasteiger partial charge in [-0.3, -0.25) is 4.79 Å². The second-order valence-electron chi connectivity index (χ2n) is 6.96. The Kier molecular flexibility index (Phi) is 7.08. The monoisotopic (exact) mass is 403 g/mol. The molecule has 8 heteroatoms. The van der Waals surface area contributed by atoms with Gasteiger partial charge >= 0.3 is 5.97 Å². The number of amides is 1. The molecule has 0 aliphatic heterocycles. The Morgan fingerprint density at radius 3 is 2.86 bits per heavy atom. The normalized spacial score (nSPS) is 15.8. The van der Waals surface area contributed by atoms with Crippen LogP contribution in [-0.4, -0.2) is 34.2 Å². The van der Waals surface area contributed by atoms with Crippen LogP contribution in [0, 0.1) is 6.92 Å². The highest BCUT2D eigenvalue weighted by Gasteiger charge is 2.24. The van der Waals surface area contributed by atoms with Crippen molar-refractivity contribution in [3.05, 3.63) is 41.4 Å². The summed E-state index contributed by atoms with van der Waals surface area (Å²) in [7, 11) is 0. The van der Waals surface area contributed by atoms with E-state index in [4.69, 9.17) is 9.26 Å². The largest absolute Gasteiger partial charge is 0.449 e. The smallest absolute Gasteiger partial charge is 0.341 e. The van der Waals surface area contributed by atoms with Gasteiger partial charge in [-0.2, -0.15) is 0 Å². The Balaban J connectivity index is 1.57. The quantitative estimate of drug-likeness (QED) is 0.557. The Morgan fingerprint density at radius 2 is 2.14 bits per heavy atom. The van der Waals surface area contributed by atoms with Gasteiger partial charge in [-0.05, 0) is 38.8 Å². The van der Waals surface area contributed by atoms with Crippen LogP contribution in [0.15, 0.2) is 33.9 Å². The Bertz CT molecular complexity index is 817. The number of hydrogen-bond donors (Lipinski definition) is 1. The number of rotatable bonds is 7. The summed E-state index contributed by atoms with van der Waals surface area (Å²) < 4.78 is 10.5. The third-order valence-corrected chi connectivity index (χ3v) is 5.67. The molecule has 0 saturated heterocycles. The summed E-state index contributed by atoms with van der Waals surface area (Å²) in [5.74, 6) is 0.440. The number of ether oxygens (including phenoxy) is 1. The van der Waals surface area contributed by atoms with Crippen LogP contribution in [0.4, 0.5) is 0 Å². The zero-order valence-electron chi connectivity index (χ0n) is 16.1. The van der Waals surface area contributed by atoms with Crippen molar-refractivity contribution in [2.75, 3.05) is 0 Å². The van der Waals surface area contributed by atoms with Crippen molar-refractivity contribution in [3.63, 3.8) is 0 Å². The second-order valence-corrected chi connectivity index (χ2v) is 7.93. The van der Waals surface area contributed by atoms with E-state index < -0.39 is 12.1 Å². The van der Waals surface area contributed by atoms with Crippen molar-refractivity contribution in [1.29, 1.82) is 0 Å². The molecule has 150 valence electrons. The zero-order valence-corrected chi connectivity index (χ0v) is 17.0. The summed E-state index contributed by atoms with van der Waals surface area (Å²) in [6.45, 7) is 3.42. The number of pyridine rings is 1. The maximum absolute atomic E-state index is 12.6. The minimum absolute atomic E-state index is 0.179. The average molecular weight is 404 g/mol. The number of carbonyl (C=O) groups excluding carboxylic acids is 2. The third-order valence-electron chi connectivity index (χ3n) is 4.63. The molecule has 2 aromatic heterocycles. The van der Waals surface area contributed by atoms with Crippen LogP contribution >= 0.6 is 11.8 Å². The van der Waals surface area contributed by atoms with Crippen molar-refractivity contribution in [3.8, 4) is 0 Å². The molecule has 1 aliphatic carbocycles. The standard InChI is InChI=1S/C20H25N3O4S/c1-13-11-16(23-27-13)12-28-19-17(9-6-10-21-19)20(25)26-14(2)18(24)22-15-7-4-3-5-8-15/h6,9-11,14-15H,3-5,7-8,12H2,1-2H3,(H,22,24)/t14-/m0/s1. The second kappa shape index (κ2) is 9.73. The summed E-state index contributed by atoms with van der Waals surface area (Å²) in [4.78, 5) is 29.2. The Labute approximate surface area is 168 Å². The van der Waals surface area contributed by atoms with Crippen molar-refractivity contribution >= 4 is 23.6 Å². The average Bonchev–Trinajstić information content (AvgIpc) is 3.12. The Hall–Kier alpha value is -2.35. The molecule has 28 heavy (non-hydrogen) atoms. The first-order chi connectivity index (χ1) is 13.5. The molecule has 1 N–H and O–H groups in total. The van der Waals surface area contributed by atoms with Crippen LogP contribution in [0.25, 0.3) is 0 Å². The van der Waals surface area contributed by atoms with Crippen molar-refractivity contribution in [2.24, 2.45) is 0 Å². The molecule has 0 unspecified atom stereocenters. The zero-order chi connectivity index (χ0) is 19.9. The summed E-state index contributed by atoms with van der Waals surface area (Å²) in [6, 6.07) is 5.34. The van der Waals surface area contributed by atoms with Crippen molar-refractivity contribution in [2.45, 2.75) is 68.9 Å². The van der Waals surface area contributed by atoms with Crippen LogP contribution in [0.5, 0.6) is 0 Å². The number of hydrogen-bond acceptors (Lipinski definition) is 7. The van der Waals surface area contributed by atoms with E-state index in [2.05, 4.69) is 15.5 Å². The predicted molar refractivity (Wildman–Crippen MR) is 105 cm³/mol. The maximum Gasteiger partial charge on any atom is 0.341 e. The minimum Gasteiger partial charge on any atom is -0.449 e. The van der Waals surface area contributed by atoms with Gasteiger partial charge in [-0.25, -0.2) is 9.78 Å². The van der Waals surface area contributed by atoms with E-state index >= 15 is 0 Å². The number of aryl methyl sites for hydroxylation is 1. The third kappa shape index (κ3) is 5.58. The molecule has 1 saturated carbocycles. The van der Waals surface area contributed by atoms with E-state index in [0.29, 0.717) is 16.3 Å². The first-order valence-electron chi connectivity index (χ1n) is 9.54. The summed E-state index contributed by atoms with van der Waals surface area (Å²) >= 11 is 1.37. The minimum atomic E-state index is -0.856. The van der Waals surface area contributed by atoms with Gasteiger partial charge in [-0.1, -0.05) is 36.2 Å². The molecule has 3 rings (SSSR count). The number of carbonyl (C=O) groups is 2. The molecule has 1 atom stereocenters. The first kappa shape index (κ1) is 20.4. The molecule has 7 nitrogen and oxygen atoms in total. The molecule has 0 bridgehead atoms. The van der Waals surface area contributed by atoms with Gasteiger partial charge in [0.25, 0.3) is 5.91 Å². The van der Waals surface area contributed by atoms with Gasteiger partial charge in [0.15, 0.2) is 6.10 Å². The van der Waals surface area contributed by atoms with E-state index in [9.17, 15) is 9.59 Å². The lowest BCUT2D eigenvalue weighted by Gasteiger charge is -2.24. The SMILES string of the molecule is Cc1cc(CSc2ncccc2C(=O)O[C@@H](C)C(=O)NC2CCCCC2)no1. The molecule has 0 radical (unpaired) electrons. The lowest BCUT2D eigenvalue weighted by Crippen LogP contribution is -2.42. The topological polar surface area (TPSA) is 94.3 Å². The lowest BCUT2D eigenvalue weighted by atomic mass is 9.95. The van der Waals surface area contributed by atoms with E-state index in [1.165, 1.54) is 18.2 Å². The van der Waals surface area contributed by atoms with Crippen LogP contribution < -0.4 is 5.32 Å². The molecule has 2 heterocycles. The Morgan fingerprint density at radius 1 is 1.36 bits per heavy atom. The lowest BCUT2D eigenvalue weighted by molar-refractivity contribution is -0.130. The van der Waals surface area contributed by atoms with Gasteiger partial charge in [0.2, 0.25) is 0 Å². The number of thioether (sulfide) groups is 1. The van der Waals surface area contributed by atoms with Crippen molar-refractivity contribution in [1.82, 2.24) is 15.5 Å². The number of aromatic nitrogens is 2. The molecule has 0 spiro atoms. The van der Waals surface area contributed by atoms with Crippen LogP contribution in [0.1, 0.15) is 60.8 Å². The van der Waals surface area contributed by atoms with E-state index in [1.54, 1.807) is 25.3 Å². The van der Waals surface area contributed by atoms with Gasteiger partial charge in [0.1, 0.15) is 10.8 Å². The molecular weight excluding hydrogens is 378 g/mol. The molecule has 1 fully saturated rings. The molecule has 1 aliphatic rings. The van der Waals surface area contributed by atoms with Gasteiger partial charge < -0.3 is 14.6 Å².